The molecule has 1 aromatic heterocycles. The number of aromatic nitrogens is 2. The molecule has 2 heterocycles. The minimum Gasteiger partial charge on any atom is -0.490 e. The van der Waals surface area contributed by atoms with Gasteiger partial charge in [-0.1, -0.05) is 38.3 Å². The van der Waals surface area contributed by atoms with Gasteiger partial charge in [0.2, 0.25) is 0 Å². The highest BCUT2D eigenvalue weighted by molar-refractivity contribution is 6.31. The van der Waals surface area contributed by atoms with Gasteiger partial charge in [0.25, 0.3) is 0 Å². The van der Waals surface area contributed by atoms with Crippen LogP contribution in [0, 0.1) is 5.41 Å². The zero-order valence-electron chi connectivity index (χ0n) is 11.9. The van der Waals surface area contributed by atoms with Gasteiger partial charge in [-0.2, -0.15) is 0 Å². The Balaban J connectivity index is 2.16. The van der Waals surface area contributed by atoms with Crippen LogP contribution in [0.5, 0.6) is 5.75 Å². The van der Waals surface area contributed by atoms with Crippen molar-refractivity contribution >= 4 is 17.4 Å². The maximum atomic E-state index is 6.06. The van der Waals surface area contributed by atoms with Crippen LogP contribution in [0.3, 0.4) is 0 Å². The van der Waals surface area contributed by atoms with Crippen LogP contribution in [0.1, 0.15) is 39.5 Å². The second-order valence-corrected chi connectivity index (χ2v) is 5.57. The van der Waals surface area contributed by atoms with E-state index in [1.165, 1.54) is 32.0 Å². The number of rotatable bonds is 4. The van der Waals surface area contributed by atoms with Crippen molar-refractivity contribution in [3.05, 3.63) is 11.5 Å². The number of ether oxygens (including phenoxy) is 1. The van der Waals surface area contributed by atoms with Crippen LogP contribution in [-0.4, -0.2) is 30.2 Å². The molecule has 1 fully saturated rings. The standard InChI is InChI=1S/C14H22ClN3O/c1-4-14(5-2)6-8-18(9-7-14)13-11(19-3)12(15)16-10-17-13/h10H,4-9H2,1-3H3. The lowest BCUT2D eigenvalue weighted by atomic mass is 9.74. The molecular weight excluding hydrogens is 262 g/mol. The largest absolute Gasteiger partial charge is 0.490 e. The van der Waals surface area contributed by atoms with Gasteiger partial charge in [-0.05, 0) is 18.3 Å². The lowest BCUT2D eigenvalue weighted by Gasteiger charge is -2.41. The van der Waals surface area contributed by atoms with Gasteiger partial charge in [-0.3, -0.25) is 0 Å². The Hall–Kier alpha value is -1.03. The van der Waals surface area contributed by atoms with Crippen LogP contribution in [0.25, 0.3) is 0 Å². The molecule has 0 saturated carbocycles. The number of piperidine rings is 1. The first kappa shape index (κ1) is 14.4. The Morgan fingerprint density at radius 1 is 1.26 bits per heavy atom. The van der Waals surface area contributed by atoms with Gasteiger partial charge in [0.1, 0.15) is 6.33 Å². The highest BCUT2D eigenvalue weighted by Gasteiger charge is 2.32. The predicted molar refractivity (Wildman–Crippen MR) is 78.1 cm³/mol. The summed E-state index contributed by atoms with van der Waals surface area (Å²) in [6, 6.07) is 0. The van der Waals surface area contributed by atoms with E-state index in [0.29, 0.717) is 16.3 Å². The summed E-state index contributed by atoms with van der Waals surface area (Å²) in [6.07, 6.45) is 6.40. The zero-order valence-corrected chi connectivity index (χ0v) is 12.7. The van der Waals surface area contributed by atoms with Crippen LogP contribution >= 0.6 is 11.6 Å². The molecule has 106 valence electrons. The number of methoxy groups -OCH3 is 1. The topological polar surface area (TPSA) is 38.2 Å². The number of nitrogens with zero attached hydrogens (tertiary/aromatic N) is 3. The molecule has 0 aromatic carbocycles. The van der Waals surface area contributed by atoms with E-state index in [2.05, 4.69) is 28.7 Å². The van der Waals surface area contributed by atoms with E-state index >= 15 is 0 Å². The van der Waals surface area contributed by atoms with Crippen LogP contribution in [0.4, 0.5) is 5.82 Å². The summed E-state index contributed by atoms with van der Waals surface area (Å²) in [7, 11) is 1.61. The molecule has 0 amide bonds. The van der Waals surface area contributed by atoms with E-state index in [0.717, 1.165) is 18.9 Å². The van der Waals surface area contributed by atoms with Crippen LogP contribution in [0.15, 0.2) is 6.33 Å². The molecule has 0 atom stereocenters. The summed E-state index contributed by atoms with van der Waals surface area (Å²) < 4.78 is 5.34. The summed E-state index contributed by atoms with van der Waals surface area (Å²) in [5.41, 5.74) is 0.501. The average molecular weight is 284 g/mol. The maximum absolute atomic E-state index is 6.06. The molecule has 19 heavy (non-hydrogen) atoms. The summed E-state index contributed by atoms with van der Waals surface area (Å²) in [5.74, 6) is 1.41. The second-order valence-electron chi connectivity index (χ2n) is 5.22. The van der Waals surface area contributed by atoms with Crippen LogP contribution < -0.4 is 9.64 Å². The molecule has 1 aliphatic rings. The molecule has 1 aromatic rings. The first-order valence-electron chi connectivity index (χ1n) is 6.95. The molecule has 0 bridgehead atoms. The molecule has 4 nitrogen and oxygen atoms in total. The molecule has 1 saturated heterocycles. The van der Waals surface area contributed by atoms with Gasteiger partial charge in [0, 0.05) is 13.1 Å². The second kappa shape index (κ2) is 5.95. The third kappa shape index (κ3) is 2.78. The zero-order chi connectivity index (χ0) is 13.9. The Morgan fingerprint density at radius 3 is 2.42 bits per heavy atom. The fraction of sp³-hybridized carbons (Fsp3) is 0.714. The monoisotopic (exact) mass is 283 g/mol. The van der Waals surface area contributed by atoms with Crippen LogP contribution in [-0.2, 0) is 0 Å². The molecular formula is C14H22ClN3O. The average Bonchev–Trinajstić information content (AvgIpc) is 2.47. The number of hydrogen-bond donors (Lipinski definition) is 0. The predicted octanol–water partition coefficient (Wildman–Crippen LogP) is 3.55. The van der Waals surface area contributed by atoms with E-state index in [1.54, 1.807) is 7.11 Å². The molecule has 0 unspecified atom stereocenters. The Labute approximate surface area is 120 Å². The molecule has 0 spiro atoms. The third-order valence-electron chi connectivity index (χ3n) is 4.57. The maximum Gasteiger partial charge on any atom is 0.199 e. The molecule has 2 rings (SSSR count). The normalized spacial score (nSPS) is 18.4. The van der Waals surface area contributed by atoms with Crippen molar-refractivity contribution in [2.24, 2.45) is 5.41 Å². The molecule has 0 radical (unpaired) electrons. The lowest BCUT2D eigenvalue weighted by molar-refractivity contribution is 0.198. The molecule has 1 aliphatic heterocycles. The van der Waals surface area contributed by atoms with Crippen molar-refractivity contribution in [1.29, 1.82) is 0 Å². The number of hydrogen-bond acceptors (Lipinski definition) is 4. The molecule has 0 aliphatic carbocycles. The quantitative estimate of drug-likeness (QED) is 0.792. The summed E-state index contributed by atoms with van der Waals surface area (Å²) in [4.78, 5) is 10.6. The minimum absolute atomic E-state index is 0.385. The van der Waals surface area contributed by atoms with E-state index in [9.17, 15) is 0 Å². The van der Waals surface area contributed by atoms with Gasteiger partial charge in [-0.15, -0.1) is 0 Å². The smallest absolute Gasteiger partial charge is 0.199 e. The van der Waals surface area contributed by atoms with Gasteiger partial charge in [0.05, 0.1) is 7.11 Å². The van der Waals surface area contributed by atoms with Crippen molar-refractivity contribution in [3.8, 4) is 5.75 Å². The Bertz CT molecular complexity index is 425. The van der Waals surface area contributed by atoms with E-state index in [4.69, 9.17) is 16.3 Å². The van der Waals surface area contributed by atoms with Gasteiger partial charge in [-0.25, -0.2) is 9.97 Å². The van der Waals surface area contributed by atoms with Crippen molar-refractivity contribution in [2.45, 2.75) is 39.5 Å². The SMILES string of the molecule is CCC1(CC)CCN(c2ncnc(Cl)c2OC)CC1. The molecule has 0 N–H and O–H groups in total. The third-order valence-corrected chi connectivity index (χ3v) is 4.84. The Kier molecular flexibility index (Phi) is 4.50. The van der Waals surface area contributed by atoms with Crippen molar-refractivity contribution in [1.82, 2.24) is 9.97 Å². The fourth-order valence-electron chi connectivity index (χ4n) is 2.89. The molecule has 5 heteroatoms. The first-order valence-corrected chi connectivity index (χ1v) is 7.33. The summed E-state index contributed by atoms with van der Waals surface area (Å²) in [6.45, 7) is 6.60. The summed E-state index contributed by atoms with van der Waals surface area (Å²) >= 11 is 6.06. The number of anilines is 1. The van der Waals surface area contributed by atoms with Crippen molar-refractivity contribution < 1.29 is 4.74 Å². The first-order chi connectivity index (χ1) is 9.15. The van der Waals surface area contributed by atoms with Gasteiger partial charge in [0.15, 0.2) is 16.7 Å². The van der Waals surface area contributed by atoms with Crippen LogP contribution in [0.2, 0.25) is 5.15 Å². The fourth-order valence-corrected chi connectivity index (χ4v) is 3.10. The van der Waals surface area contributed by atoms with E-state index in [-0.39, 0.29) is 0 Å². The Morgan fingerprint density at radius 2 is 1.89 bits per heavy atom. The lowest BCUT2D eigenvalue weighted by Crippen LogP contribution is -2.40. The number of halogens is 1. The van der Waals surface area contributed by atoms with Crippen molar-refractivity contribution in [3.63, 3.8) is 0 Å². The highest BCUT2D eigenvalue weighted by Crippen LogP contribution is 2.41. The summed E-state index contributed by atoms with van der Waals surface area (Å²) in [5, 5.41) is 0.385. The van der Waals surface area contributed by atoms with Gasteiger partial charge >= 0.3 is 0 Å². The van der Waals surface area contributed by atoms with Crippen molar-refractivity contribution in [2.75, 3.05) is 25.1 Å². The van der Waals surface area contributed by atoms with Gasteiger partial charge < -0.3 is 9.64 Å². The van der Waals surface area contributed by atoms with E-state index in [1.807, 2.05) is 0 Å². The highest BCUT2D eigenvalue weighted by atomic mass is 35.5. The van der Waals surface area contributed by atoms with E-state index < -0.39 is 0 Å². The minimum atomic E-state index is 0.385.